The fraction of sp³-hybridized carbons (Fsp3) is 0.438. The predicted molar refractivity (Wildman–Crippen MR) is 79.6 cm³/mol. The topological polar surface area (TPSA) is 59.2 Å². The number of nitrogens with zero attached hydrogens (tertiary/aromatic N) is 3. The molecule has 5 nitrogen and oxygen atoms in total. The number of Topliss-reactive ketones (excluding diaryl/α,β-unsaturated/α-hetero) is 1. The van der Waals surface area contributed by atoms with Gasteiger partial charge >= 0.3 is 0 Å². The van der Waals surface area contributed by atoms with Crippen LogP contribution in [0.4, 0.5) is 10.1 Å². The van der Waals surface area contributed by atoms with E-state index in [1.807, 2.05) is 4.90 Å². The lowest BCUT2D eigenvalue weighted by Crippen LogP contribution is -2.35. The molecule has 2 heterocycles. The second-order valence-electron chi connectivity index (χ2n) is 5.66. The smallest absolute Gasteiger partial charge is 0.231 e. The average Bonchev–Trinajstić information content (AvgIpc) is 2.93. The lowest BCUT2D eigenvalue weighted by molar-refractivity contribution is 0.101. The molecule has 1 aromatic heterocycles. The molecule has 1 saturated heterocycles. The van der Waals surface area contributed by atoms with Crippen LogP contribution in [-0.2, 0) is 0 Å². The molecule has 1 fully saturated rings. The van der Waals surface area contributed by atoms with Crippen LogP contribution in [0.3, 0.4) is 0 Å². The second-order valence-corrected chi connectivity index (χ2v) is 5.66. The Balaban J connectivity index is 1.89. The highest BCUT2D eigenvalue weighted by Crippen LogP contribution is 2.32. The molecule has 0 unspecified atom stereocenters. The standard InChI is InChI=1S/C16H18FN3O2/c1-10(21)15-13(17)6-3-7-14(15)20-8-4-5-12(9-20)16-18-11(2)19-22-16/h3,6-7,12H,4-5,8-9H2,1-2H3/t12-/m1/s1. The van der Waals surface area contributed by atoms with E-state index in [4.69, 9.17) is 4.52 Å². The van der Waals surface area contributed by atoms with Crippen molar-refractivity contribution in [2.24, 2.45) is 0 Å². The van der Waals surface area contributed by atoms with E-state index in [0.717, 1.165) is 19.4 Å². The van der Waals surface area contributed by atoms with Crippen LogP contribution in [-0.4, -0.2) is 29.0 Å². The van der Waals surface area contributed by atoms with Crippen LogP contribution in [0.5, 0.6) is 0 Å². The Bertz CT molecular complexity index is 698. The first kappa shape index (κ1) is 14.7. The fourth-order valence-electron chi connectivity index (χ4n) is 3.00. The van der Waals surface area contributed by atoms with Gasteiger partial charge in [-0.05, 0) is 38.8 Å². The molecule has 0 amide bonds. The third-order valence-electron chi connectivity index (χ3n) is 4.00. The third-order valence-corrected chi connectivity index (χ3v) is 4.00. The van der Waals surface area contributed by atoms with E-state index in [-0.39, 0.29) is 17.3 Å². The summed E-state index contributed by atoms with van der Waals surface area (Å²) in [6, 6.07) is 4.75. The van der Waals surface area contributed by atoms with Crippen molar-refractivity contribution < 1.29 is 13.7 Å². The minimum atomic E-state index is -0.472. The first-order valence-corrected chi connectivity index (χ1v) is 7.41. The molecule has 1 atom stereocenters. The van der Waals surface area contributed by atoms with Crippen LogP contribution in [0.15, 0.2) is 22.7 Å². The summed E-state index contributed by atoms with van der Waals surface area (Å²) < 4.78 is 19.3. The molecule has 0 aliphatic carbocycles. The molecule has 116 valence electrons. The van der Waals surface area contributed by atoms with E-state index in [2.05, 4.69) is 10.1 Å². The van der Waals surface area contributed by atoms with Gasteiger partial charge in [-0.3, -0.25) is 4.79 Å². The maximum absolute atomic E-state index is 14.0. The highest BCUT2D eigenvalue weighted by atomic mass is 19.1. The number of ketones is 1. The van der Waals surface area contributed by atoms with Crippen LogP contribution in [0.1, 0.15) is 47.8 Å². The quantitative estimate of drug-likeness (QED) is 0.815. The number of halogens is 1. The summed E-state index contributed by atoms with van der Waals surface area (Å²) in [5, 5.41) is 3.83. The van der Waals surface area contributed by atoms with E-state index in [1.54, 1.807) is 19.1 Å². The Morgan fingerprint density at radius 3 is 2.95 bits per heavy atom. The lowest BCUT2D eigenvalue weighted by Gasteiger charge is -2.33. The molecule has 0 spiro atoms. The molecule has 0 N–H and O–H groups in total. The van der Waals surface area contributed by atoms with Crippen molar-refractivity contribution in [1.29, 1.82) is 0 Å². The number of aryl methyl sites for hydroxylation is 1. The largest absolute Gasteiger partial charge is 0.370 e. The summed E-state index contributed by atoms with van der Waals surface area (Å²) >= 11 is 0. The van der Waals surface area contributed by atoms with Gasteiger partial charge in [-0.2, -0.15) is 4.98 Å². The summed E-state index contributed by atoms with van der Waals surface area (Å²) in [6.07, 6.45) is 1.88. The van der Waals surface area contributed by atoms with Crippen LogP contribution < -0.4 is 4.90 Å². The molecule has 0 bridgehead atoms. The van der Waals surface area contributed by atoms with Gasteiger partial charge in [0.15, 0.2) is 11.6 Å². The Hall–Kier alpha value is -2.24. The minimum absolute atomic E-state index is 0.109. The van der Waals surface area contributed by atoms with E-state index in [1.165, 1.54) is 13.0 Å². The van der Waals surface area contributed by atoms with Gasteiger partial charge in [-0.25, -0.2) is 4.39 Å². The van der Waals surface area contributed by atoms with Crippen molar-refractivity contribution >= 4 is 11.5 Å². The van der Waals surface area contributed by atoms with Gasteiger partial charge in [-0.1, -0.05) is 11.2 Å². The van der Waals surface area contributed by atoms with Gasteiger partial charge in [0.1, 0.15) is 5.82 Å². The molecule has 0 radical (unpaired) electrons. The van der Waals surface area contributed by atoms with Gasteiger partial charge in [0.25, 0.3) is 0 Å². The van der Waals surface area contributed by atoms with Crippen molar-refractivity contribution in [2.75, 3.05) is 18.0 Å². The summed E-state index contributed by atoms with van der Waals surface area (Å²) in [5.41, 5.74) is 0.804. The monoisotopic (exact) mass is 303 g/mol. The van der Waals surface area contributed by atoms with E-state index >= 15 is 0 Å². The highest BCUT2D eigenvalue weighted by molar-refractivity contribution is 6.00. The first-order chi connectivity index (χ1) is 10.6. The number of rotatable bonds is 3. The lowest BCUT2D eigenvalue weighted by atomic mass is 9.96. The Kier molecular flexibility index (Phi) is 3.92. The van der Waals surface area contributed by atoms with Gasteiger partial charge < -0.3 is 9.42 Å². The zero-order valence-corrected chi connectivity index (χ0v) is 12.7. The number of piperidine rings is 1. The van der Waals surface area contributed by atoms with Crippen LogP contribution in [0.25, 0.3) is 0 Å². The van der Waals surface area contributed by atoms with Crippen molar-refractivity contribution in [3.8, 4) is 0 Å². The maximum atomic E-state index is 14.0. The van der Waals surface area contributed by atoms with Crippen LogP contribution in [0.2, 0.25) is 0 Å². The van der Waals surface area contributed by atoms with E-state index < -0.39 is 5.82 Å². The minimum Gasteiger partial charge on any atom is -0.370 e. The average molecular weight is 303 g/mol. The molecule has 1 aliphatic heterocycles. The molecule has 2 aromatic rings. The van der Waals surface area contributed by atoms with Crippen molar-refractivity contribution in [1.82, 2.24) is 10.1 Å². The van der Waals surface area contributed by atoms with Crippen LogP contribution >= 0.6 is 0 Å². The number of hydrogen-bond acceptors (Lipinski definition) is 5. The van der Waals surface area contributed by atoms with Crippen LogP contribution in [0, 0.1) is 12.7 Å². The molecule has 3 rings (SSSR count). The summed E-state index contributed by atoms with van der Waals surface area (Å²) in [4.78, 5) is 18.1. The number of carbonyl (C=O) groups excluding carboxylic acids is 1. The zero-order valence-electron chi connectivity index (χ0n) is 12.7. The molecular weight excluding hydrogens is 285 g/mol. The Morgan fingerprint density at radius 2 is 2.27 bits per heavy atom. The fourth-order valence-corrected chi connectivity index (χ4v) is 3.00. The summed E-state index contributed by atoms with van der Waals surface area (Å²) in [7, 11) is 0. The van der Waals surface area contributed by atoms with Crippen molar-refractivity contribution in [3.05, 3.63) is 41.3 Å². The molecule has 22 heavy (non-hydrogen) atoms. The van der Waals surface area contributed by atoms with Crippen molar-refractivity contribution in [2.45, 2.75) is 32.6 Å². The number of carbonyl (C=O) groups is 1. The van der Waals surface area contributed by atoms with E-state index in [9.17, 15) is 9.18 Å². The molecule has 0 saturated carbocycles. The zero-order chi connectivity index (χ0) is 15.7. The van der Waals surface area contributed by atoms with Gasteiger partial charge in [0.2, 0.25) is 5.89 Å². The molecular formula is C16H18FN3O2. The maximum Gasteiger partial charge on any atom is 0.231 e. The normalized spacial score (nSPS) is 18.5. The third kappa shape index (κ3) is 2.73. The van der Waals surface area contributed by atoms with Gasteiger partial charge in [-0.15, -0.1) is 0 Å². The van der Waals surface area contributed by atoms with E-state index in [0.29, 0.717) is 23.9 Å². The highest BCUT2D eigenvalue weighted by Gasteiger charge is 2.28. The Labute approximate surface area is 128 Å². The number of hydrogen-bond donors (Lipinski definition) is 0. The first-order valence-electron chi connectivity index (χ1n) is 7.41. The SMILES string of the molecule is CC(=O)c1c(F)cccc1N1CCC[C@@H](c2nc(C)no2)C1. The number of aromatic nitrogens is 2. The van der Waals surface area contributed by atoms with Gasteiger partial charge in [0.05, 0.1) is 17.2 Å². The molecule has 1 aliphatic rings. The Morgan fingerprint density at radius 1 is 1.45 bits per heavy atom. The predicted octanol–water partition coefficient (Wildman–Crippen LogP) is 3.10. The number of anilines is 1. The summed E-state index contributed by atoms with van der Waals surface area (Å²) in [5.74, 6) is 0.605. The number of benzene rings is 1. The molecule has 1 aromatic carbocycles. The summed E-state index contributed by atoms with van der Waals surface area (Å²) in [6.45, 7) is 4.61. The molecule has 6 heteroatoms. The van der Waals surface area contributed by atoms with Gasteiger partial charge in [0, 0.05) is 13.1 Å². The van der Waals surface area contributed by atoms with Crippen molar-refractivity contribution in [3.63, 3.8) is 0 Å². The second kappa shape index (κ2) is 5.87.